The molecule has 0 amide bonds. The van der Waals surface area contributed by atoms with E-state index in [2.05, 4.69) is 187 Å². The minimum atomic E-state index is 0.764. The molecule has 6 heteroatoms. The van der Waals surface area contributed by atoms with Crippen LogP contribution in [-0.2, 0) is 77.0 Å². The van der Waals surface area contributed by atoms with Crippen LogP contribution < -0.4 is 28.4 Å². The molecule has 0 N–H and O–H groups in total. The second kappa shape index (κ2) is 47.3. The first-order chi connectivity index (χ1) is 47.4. The first-order valence-corrected chi connectivity index (χ1v) is 38.9. The highest BCUT2D eigenvalue weighted by Gasteiger charge is 2.25. The van der Waals surface area contributed by atoms with Gasteiger partial charge in [-0.15, -0.1) is 0 Å². The summed E-state index contributed by atoms with van der Waals surface area (Å²) in [6.07, 6.45) is 40.0. The maximum absolute atomic E-state index is 6.33. The molecule has 0 aliphatic carbocycles. The fraction of sp³-hybridized carbons (Fsp3) is 0.533. The summed E-state index contributed by atoms with van der Waals surface area (Å²) in [7, 11) is 0. The van der Waals surface area contributed by atoms with Crippen LogP contribution >= 0.6 is 0 Å². The molecule has 522 valence electrons. The molecule has 0 saturated heterocycles. The number of unbranched alkanes of at least 4 members (excludes halogenated alkanes) is 18. The Hall–Kier alpha value is -6.66. The van der Waals surface area contributed by atoms with Crippen molar-refractivity contribution in [1.29, 1.82) is 0 Å². The van der Waals surface area contributed by atoms with E-state index in [0.29, 0.717) is 0 Å². The molecule has 0 saturated carbocycles. The van der Waals surface area contributed by atoms with Crippen molar-refractivity contribution >= 4 is 0 Å². The maximum Gasteiger partial charge on any atom is 0.119 e. The number of benzene rings is 7. The van der Waals surface area contributed by atoms with Crippen molar-refractivity contribution in [3.05, 3.63) is 212 Å². The van der Waals surface area contributed by atoms with E-state index in [1.54, 1.807) is 33.4 Å². The summed E-state index contributed by atoms with van der Waals surface area (Å²) in [5.41, 5.74) is 17.4. The molecule has 0 atom stereocenters. The number of hydrogen-bond acceptors (Lipinski definition) is 6. The quantitative estimate of drug-likeness (QED) is 0.0354. The van der Waals surface area contributed by atoms with E-state index >= 15 is 0 Å². The van der Waals surface area contributed by atoms with Crippen LogP contribution in [0.4, 0.5) is 0 Å². The Bertz CT molecular complexity index is 2520. The van der Waals surface area contributed by atoms with Gasteiger partial charge in [0.1, 0.15) is 34.5 Å². The van der Waals surface area contributed by atoms with E-state index in [1.165, 1.54) is 149 Å². The van der Waals surface area contributed by atoms with Crippen molar-refractivity contribution in [2.24, 2.45) is 0 Å². The van der Waals surface area contributed by atoms with Gasteiger partial charge in [0.25, 0.3) is 0 Å². The Morgan fingerprint density at radius 1 is 0.156 bits per heavy atom. The van der Waals surface area contributed by atoms with E-state index in [4.69, 9.17) is 28.4 Å². The van der Waals surface area contributed by atoms with E-state index in [-0.39, 0.29) is 0 Å². The third-order valence-electron chi connectivity index (χ3n) is 19.3. The molecule has 0 spiro atoms. The topological polar surface area (TPSA) is 55.4 Å². The normalized spacial score (nSPS) is 11.3. The summed E-state index contributed by atoms with van der Waals surface area (Å²) in [6, 6.07) is 54.5. The van der Waals surface area contributed by atoms with E-state index < -0.39 is 0 Å². The van der Waals surface area contributed by atoms with Gasteiger partial charge in [-0.05, 0) is 255 Å². The van der Waals surface area contributed by atoms with Gasteiger partial charge < -0.3 is 28.4 Å². The highest BCUT2D eigenvalue weighted by Crippen LogP contribution is 2.37. The first-order valence-electron chi connectivity index (χ1n) is 38.9. The molecule has 0 aliphatic rings. The number of ether oxygens (including phenoxy) is 6. The maximum atomic E-state index is 6.33. The zero-order valence-electron chi connectivity index (χ0n) is 61.0. The minimum absolute atomic E-state index is 0.764. The van der Waals surface area contributed by atoms with Gasteiger partial charge in [-0.25, -0.2) is 0 Å². The van der Waals surface area contributed by atoms with Crippen LogP contribution in [0.2, 0.25) is 0 Å². The van der Waals surface area contributed by atoms with E-state index in [9.17, 15) is 0 Å². The van der Waals surface area contributed by atoms with Crippen molar-refractivity contribution in [1.82, 2.24) is 0 Å². The molecule has 7 rings (SSSR count). The van der Waals surface area contributed by atoms with Crippen LogP contribution in [0.3, 0.4) is 0 Å². The Labute approximate surface area is 584 Å². The van der Waals surface area contributed by atoms with Crippen LogP contribution in [0, 0.1) is 0 Å². The smallest absolute Gasteiger partial charge is 0.119 e. The SMILES string of the molecule is CCCCCCOc1ccc(CCc2c(CCc3ccc(OCCCCCC)cc3)c(CCc3ccc(OCCCCCC)cc3)c(CCc3ccc(OCCCCCC)cc3)c(CCc3ccc(OCCCCCC)cc3)c2CCc2ccc(OCCCCCC)cc2)cc1. The van der Waals surface area contributed by atoms with Crippen molar-refractivity contribution in [3.8, 4) is 34.5 Å². The average Bonchev–Trinajstić information content (AvgIpc) is 0.771. The number of rotatable bonds is 54. The van der Waals surface area contributed by atoms with Gasteiger partial charge in [0, 0.05) is 0 Å². The molecule has 6 nitrogen and oxygen atoms in total. The van der Waals surface area contributed by atoms with Crippen LogP contribution in [-0.4, -0.2) is 39.6 Å². The van der Waals surface area contributed by atoms with Crippen LogP contribution in [0.5, 0.6) is 34.5 Å². The fourth-order valence-corrected chi connectivity index (χ4v) is 13.3. The molecule has 0 aliphatic heterocycles. The van der Waals surface area contributed by atoms with E-state index in [1.807, 2.05) is 0 Å². The van der Waals surface area contributed by atoms with Crippen LogP contribution in [0.15, 0.2) is 146 Å². The van der Waals surface area contributed by atoms with Gasteiger partial charge in [0.05, 0.1) is 39.6 Å². The molecule has 0 fully saturated rings. The lowest BCUT2D eigenvalue weighted by Crippen LogP contribution is -2.18. The monoisotopic (exact) mass is 1300 g/mol. The summed E-state index contributed by atoms with van der Waals surface area (Å²) in [6.45, 7) is 18.2. The zero-order chi connectivity index (χ0) is 67.3. The lowest BCUT2D eigenvalue weighted by atomic mass is 9.76. The van der Waals surface area contributed by atoms with Crippen molar-refractivity contribution in [2.45, 2.75) is 273 Å². The summed E-state index contributed by atoms with van der Waals surface area (Å²) in [4.78, 5) is 0. The third kappa shape index (κ3) is 29.2. The zero-order valence-corrected chi connectivity index (χ0v) is 61.0. The summed E-state index contributed by atoms with van der Waals surface area (Å²) in [5, 5.41) is 0. The third-order valence-corrected chi connectivity index (χ3v) is 19.3. The number of hydrogen-bond donors (Lipinski definition) is 0. The minimum Gasteiger partial charge on any atom is -0.494 e. The van der Waals surface area contributed by atoms with E-state index in [0.717, 1.165) is 190 Å². The van der Waals surface area contributed by atoms with Gasteiger partial charge in [0.2, 0.25) is 0 Å². The molecule has 96 heavy (non-hydrogen) atoms. The number of aryl methyl sites for hydroxylation is 6. The summed E-state index contributed by atoms with van der Waals surface area (Å²) < 4.78 is 38.0. The van der Waals surface area contributed by atoms with Gasteiger partial charge in [-0.3, -0.25) is 0 Å². The van der Waals surface area contributed by atoms with Crippen molar-refractivity contribution in [2.75, 3.05) is 39.6 Å². The standard InChI is InChI=1S/C90H126O6/c1-7-13-19-25-67-91-79-49-31-73(32-50-79)43-61-85-86(62-44-74-33-51-80(52-34-74)92-68-26-20-14-8-2)88(64-46-76-37-55-82(56-38-76)94-70-28-22-16-10-4)90(66-48-78-41-59-84(60-42-78)96-72-30-24-18-12-6)89(65-47-77-39-57-83(58-40-77)95-71-29-23-17-11-5)87(85)63-45-75-35-53-81(54-36-75)93-69-27-21-15-9-3/h31-42,49-60H,7-30,43-48,61-72H2,1-6H3. The highest BCUT2D eigenvalue weighted by atomic mass is 16.5. The molecular weight excluding hydrogens is 1180 g/mol. The van der Waals surface area contributed by atoms with Crippen molar-refractivity contribution < 1.29 is 28.4 Å². The fourth-order valence-electron chi connectivity index (χ4n) is 13.3. The molecule has 0 aromatic heterocycles. The Kier molecular flexibility index (Phi) is 37.8. The molecular formula is C90H126O6. The second-order valence-corrected chi connectivity index (χ2v) is 27.2. The second-order valence-electron chi connectivity index (χ2n) is 27.2. The first kappa shape index (κ1) is 76.7. The largest absolute Gasteiger partial charge is 0.494 e. The van der Waals surface area contributed by atoms with Gasteiger partial charge in [-0.2, -0.15) is 0 Å². The Balaban J connectivity index is 1.36. The highest BCUT2D eigenvalue weighted by molar-refractivity contribution is 5.55. The molecule has 7 aromatic carbocycles. The molecule has 7 aromatic rings. The lowest BCUT2D eigenvalue weighted by Gasteiger charge is -2.28. The Morgan fingerprint density at radius 3 is 0.417 bits per heavy atom. The van der Waals surface area contributed by atoms with Gasteiger partial charge >= 0.3 is 0 Å². The van der Waals surface area contributed by atoms with Gasteiger partial charge in [0.15, 0.2) is 0 Å². The van der Waals surface area contributed by atoms with Crippen LogP contribution in [0.25, 0.3) is 0 Å². The van der Waals surface area contributed by atoms with Gasteiger partial charge in [-0.1, -0.05) is 230 Å². The lowest BCUT2D eigenvalue weighted by molar-refractivity contribution is 0.305. The average molecular weight is 1300 g/mol. The Morgan fingerprint density at radius 2 is 0.292 bits per heavy atom. The van der Waals surface area contributed by atoms with Crippen LogP contribution in [0.1, 0.15) is 262 Å². The molecule has 0 radical (unpaired) electrons. The summed E-state index contributed by atoms with van der Waals surface area (Å²) >= 11 is 0. The predicted octanol–water partition coefficient (Wildman–Crippen LogP) is 24.2. The predicted molar refractivity (Wildman–Crippen MR) is 407 cm³/mol. The molecule has 0 unspecified atom stereocenters. The molecule has 0 bridgehead atoms. The summed E-state index contributed by atoms with van der Waals surface area (Å²) in [5.74, 6) is 5.80. The van der Waals surface area contributed by atoms with Crippen molar-refractivity contribution in [3.63, 3.8) is 0 Å². The molecule has 0 heterocycles.